The van der Waals surface area contributed by atoms with Gasteiger partial charge in [0.1, 0.15) is 5.82 Å². The Labute approximate surface area is 193 Å². The fraction of sp³-hybridized carbons (Fsp3) is 0.222. The van der Waals surface area contributed by atoms with E-state index in [4.69, 9.17) is 4.98 Å². The highest BCUT2D eigenvalue weighted by atomic mass is 16.4. The van der Waals surface area contributed by atoms with Crippen LogP contribution in [0.15, 0.2) is 77.3 Å². The molecule has 0 aliphatic carbocycles. The minimum absolute atomic E-state index is 0.129. The molecule has 1 unspecified atom stereocenters. The van der Waals surface area contributed by atoms with Crippen molar-refractivity contribution in [3.05, 3.63) is 99.5 Å². The van der Waals surface area contributed by atoms with Crippen LogP contribution in [-0.4, -0.2) is 20.6 Å². The SMILES string of the molecule is C=C/C=C(NC(C)c1cc(C)cc2c(=O)n(C)c(-c3cccc(C)c3)nc12)\C(=C/C)C(=O)O. The van der Waals surface area contributed by atoms with Crippen LogP contribution in [0.25, 0.3) is 22.3 Å². The molecule has 1 heterocycles. The maximum Gasteiger partial charge on any atom is 0.337 e. The molecule has 0 bridgehead atoms. The number of rotatable bonds is 7. The summed E-state index contributed by atoms with van der Waals surface area (Å²) < 4.78 is 1.57. The molecule has 0 aliphatic heterocycles. The summed E-state index contributed by atoms with van der Waals surface area (Å²) in [5.74, 6) is -0.455. The zero-order valence-corrected chi connectivity index (χ0v) is 19.6. The van der Waals surface area contributed by atoms with E-state index < -0.39 is 5.97 Å². The number of hydrogen-bond donors (Lipinski definition) is 2. The molecular weight excluding hydrogens is 414 g/mol. The predicted molar refractivity (Wildman–Crippen MR) is 133 cm³/mol. The quantitative estimate of drug-likeness (QED) is 0.398. The number of carboxylic acid groups (broad SMARTS) is 1. The lowest BCUT2D eigenvalue weighted by atomic mass is 10.00. The van der Waals surface area contributed by atoms with E-state index in [1.54, 1.807) is 30.7 Å². The van der Waals surface area contributed by atoms with Gasteiger partial charge in [0, 0.05) is 23.9 Å². The zero-order valence-electron chi connectivity index (χ0n) is 19.6. The van der Waals surface area contributed by atoms with Crippen molar-refractivity contribution < 1.29 is 9.90 Å². The molecule has 0 aliphatic rings. The monoisotopic (exact) mass is 443 g/mol. The number of carboxylic acids is 1. The molecule has 33 heavy (non-hydrogen) atoms. The zero-order chi connectivity index (χ0) is 24.3. The normalized spacial score (nSPS) is 13.1. The van der Waals surface area contributed by atoms with Crippen LogP contribution < -0.4 is 10.9 Å². The smallest absolute Gasteiger partial charge is 0.337 e. The van der Waals surface area contributed by atoms with Crippen LogP contribution in [0.2, 0.25) is 0 Å². The Morgan fingerprint density at radius 2 is 1.94 bits per heavy atom. The highest BCUT2D eigenvalue weighted by Gasteiger charge is 2.20. The van der Waals surface area contributed by atoms with Crippen LogP contribution in [0.5, 0.6) is 0 Å². The molecule has 2 N–H and O–H groups in total. The number of hydrogen-bond acceptors (Lipinski definition) is 4. The first-order chi connectivity index (χ1) is 15.7. The van der Waals surface area contributed by atoms with Crippen molar-refractivity contribution in [2.24, 2.45) is 7.05 Å². The van der Waals surface area contributed by atoms with Crippen molar-refractivity contribution in [3.8, 4) is 11.4 Å². The molecule has 6 nitrogen and oxygen atoms in total. The first-order valence-corrected chi connectivity index (χ1v) is 10.8. The lowest BCUT2D eigenvalue weighted by Gasteiger charge is -2.21. The molecule has 1 aromatic heterocycles. The summed E-state index contributed by atoms with van der Waals surface area (Å²) in [5, 5.41) is 13.4. The third-order valence-corrected chi connectivity index (χ3v) is 5.56. The number of nitrogens with one attached hydrogen (secondary N) is 1. The van der Waals surface area contributed by atoms with E-state index >= 15 is 0 Å². The summed E-state index contributed by atoms with van der Waals surface area (Å²) in [4.78, 5) is 29.9. The molecule has 0 spiro atoms. The van der Waals surface area contributed by atoms with Gasteiger partial charge in [0.25, 0.3) is 5.56 Å². The van der Waals surface area contributed by atoms with E-state index in [2.05, 4.69) is 11.9 Å². The fourth-order valence-electron chi connectivity index (χ4n) is 3.96. The van der Waals surface area contributed by atoms with Gasteiger partial charge in [-0.15, -0.1) is 0 Å². The molecule has 0 saturated heterocycles. The average Bonchev–Trinajstić information content (AvgIpc) is 2.76. The topological polar surface area (TPSA) is 84.2 Å². The first kappa shape index (κ1) is 23.7. The fourth-order valence-corrected chi connectivity index (χ4v) is 3.96. The van der Waals surface area contributed by atoms with E-state index in [0.29, 0.717) is 22.4 Å². The number of fused-ring (bicyclic) bond motifs is 1. The number of nitrogens with zero attached hydrogens (tertiary/aromatic N) is 2. The number of aliphatic carboxylic acids is 1. The summed E-state index contributed by atoms with van der Waals surface area (Å²) in [6, 6.07) is 11.4. The highest BCUT2D eigenvalue weighted by molar-refractivity contribution is 5.91. The van der Waals surface area contributed by atoms with Gasteiger partial charge in [0.2, 0.25) is 0 Å². The van der Waals surface area contributed by atoms with Gasteiger partial charge >= 0.3 is 5.97 Å². The third kappa shape index (κ3) is 4.80. The number of carbonyl (C=O) groups is 1. The van der Waals surface area contributed by atoms with Crippen molar-refractivity contribution >= 4 is 16.9 Å². The van der Waals surface area contributed by atoms with E-state index in [1.165, 1.54) is 6.08 Å². The molecule has 0 saturated carbocycles. The van der Waals surface area contributed by atoms with Crippen LogP contribution in [0, 0.1) is 13.8 Å². The molecule has 1 atom stereocenters. The van der Waals surface area contributed by atoms with Gasteiger partial charge in [-0.3, -0.25) is 9.36 Å². The van der Waals surface area contributed by atoms with Crippen LogP contribution in [0.4, 0.5) is 0 Å². The van der Waals surface area contributed by atoms with Gasteiger partial charge in [0.05, 0.1) is 22.5 Å². The van der Waals surface area contributed by atoms with Crippen molar-refractivity contribution in [1.29, 1.82) is 0 Å². The number of aromatic nitrogens is 2. The number of aryl methyl sites for hydroxylation is 2. The maximum atomic E-state index is 13.3. The molecular formula is C27H29N3O3. The summed E-state index contributed by atoms with van der Waals surface area (Å²) in [5.41, 5.74) is 4.71. The van der Waals surface area contributed by atoms with Crippen LogP contribution in [-0.2, 0) is 11.8 Å². The number of allylic oxidation sites excluding steroid dienone is 3. The minimum Gasteiger partial charge on any atom is -0.478 e. The standard InChI is InChI=1S/C27H29N3O3/c1-7-10-23(20(8-2)27(32)33)28-18(5)21-14-17(4)15-22-24(21)29-25(30(6)26(22)31)19-12-9-11-16(3)13-19/h7-15,18,28H,1H2,2-6H3,(H,32,33)/b20-8+,23-10+. The highest BCUT2D eigenvalue weighted by Crippen LogP contribution is 2.27. The van der Waals surface area contributed by atoms with Crippen molar-refractivity contribution in [1.82, 2.24) is 14.9 Å². The van der Waals surface area contributed by atoms with Crippen molar-refractivity contribution in [2.75, 3.05) is 0 Å². The van der Waals surface area contributed by atoms with E-state index in [9.17, 15) is 14.7 Å². The molecule has 3 rings (SSSR count). The van der Waals surface area contributed by atoms with Crippen LogP contribution in [0.3, 0.4) is 0 Å². The summed E-state index contributed by atoms with van der Waals surface area (Å²) >= 11 is 0. The average molecular weight is 444 g/mol. The largest absolute Gasteiger partial charge is 0.478 e. The Hall–Kier alpha value is -3.93. The Morgan fingerprint density at radius 1 is 1.21 bits per heavy atom. The van der Waals surface area contributed by atoms with Gasteiger partial charge in [-0.05, 0) is 51.5 Å². The molecule has 0 amide bonds. The second kappa shape index (κ2) is 9.69. The van der Waals surface area contributed by atoms with Gasteiger partial charge in [-0.1, -0.05) is 48.6 Å². The first-order valence-electron chi connectivity index (χ1n) is 10.8. The second-order valence-electron chi connectivity index (χ2n) is 8.11. The Balaban J connectivity index is 2.22. The van der Waals surface area contributed by atoms with Gasteiger partial charge < -0.3 is 10.4 Å². The van der Waals surface area contributed by atoms with Crippen LogP contribution >= 0.6 is 0 Å². The summed E-state index contributed by atoms with van der Waals surface area (Å²) in [7, 11) is 1.73. The van der Waals surface area contributed by atoms with Crippen LogP contribution in [0.1, 0.15) is 36.6 Å². The molecule has 170 valence electrons. The second-order valence-corrected chi connectivity index (χ2v) is 8.11. The van der Waals surface area contributed by atoms with E-state index in [0.717, 1.165) is 22.3 Å². The summed E-state index contributed by atoms with van der Waals surface area (Å²) in [6.45, 7) is 11.2. The summed E-state index contributed by atoms with van der Waals surface area (Å²) in [6.07, 6.45) is 4.71. The Kier molecular flexibility index (Phi) is 6.97. The molecule has 0 radical (unpaired) electrons. The molecule has 2 aromatic carbocycles. The number of benzene rings is 2. The molecule has 3 aromatic rings. The lowest BCUT2D eigenvalue weighted by Crippen LogP contribution is -2.25. The Bertz CT molecular complexity index is 1360. The predicted octanol–water partition coefficient (Wildman–Crippen LogP) is 4.97. The minimum atomic E-state index is -1.03. The molecule has 0 fully saturated rings. The maximum absolute atomic E-state index is 13.3. The molecule has 6 heteroatoms. The van der Waals surface area contributed by atoms with E-state index in [1.807, 2.05) is 57.2 Å². The van der Waals surface area contributed by atoms with Gasteiger partial charge in [-0.25, -0.2) is 9.78 Å². The van der Waals surface area contributed by atoms with E-state index in [-0.39, 0.29) is 17.2 Å². The van der Waals surface area contributed by atoms with Gasteiger partial charge in [-0.2, -0.15) is 0 Å². The van der Waals surface area contributed by atoms with Gasteiger partial charge in [0.15, 0.2) is 0 Å². The Morgan fingerprint density at radius 3 is 2.55 bits per heavy atom. The van der Waals surface area contributed by atoms with Crippen molar-refractivity contribution in [3.63, 3.8) is 0 Å². The van der Waals surface area contributed by atoms with Crippen molar-refractivity contribution in [2.45, 2.75) is 33.7 Å². The lowest BCUT2D eigenvalue weighted by molar-refractivity contribution is -0.132. The third-order valence-electron chi connectivity index (χ3n) is 5.56.